The number of carbonyl (C=O) groups excluding carboxylic acids is 2. The first-order valence-electron chi connectivity index (χ1n) is 8.19. The fourth-order valence-corrected chi connectivity index (χ4v) is 2.16. The number of unbranched alkanes of at least 4 members (excludes halogenated alkanes) is 5. The van der Waals surface area contributed by atoms with E-state index in [0.29, 0.717) is 17.7 Å². The summed E-state index contributed by atoms with van der Waals surface area (Å²) in [5, 5.41) is 0. The fraction of sp³-hybridized carbons (Fsp3) is 0.556. The standard InChI is InChI=1S/C18H25ClO4/c1-2-3-4-5-6-7-13-22-17(20)15-8-10-16(11-9-15)18(21)23-14-12-19/h8-11H,2-7,12-14H2,1H3. The number of benzene rings is 1. The highest BCUT2D eigenvalue weighted by Crippen LogP contribution is 2.09. The first kappa shape index (κ1) is 19.5. The molecule has 23 heavy (non-hydrogen) atoms. The second-order valence-electron chi connectivity index (χ2n) is 5.31. The van der Waals surface area contributed by atoms with Crippen LogP contribution < -0.4 is 0 Å². The van der Waals surface area contributed by atoms with Crippen LogP contribution in [-0.2, 0) is 9.47 Å². The van der Waals surface area contributed by atoms with Crippen LogP contribution in [0.3, 0.4) is 0 Å². The molecule has 128 valence electrons. The lowest BCUT2D eigenvalue weighted by atomic mass is 10.1. The lowest BCUT2D eigenvalue weighted by Crippen LogP contribution is -2.09. The molecule has 5 heteroatoms. The number of rotatable bonds is 11. The maximum absolute atomic E-state index is 11.9. The molecule has 4 nitrogen and oxygen atoms in total. The third-order valence-corrected chi connectivity index (χ3v) is 3.55. The lowest BCUT2D eigenvalue weighted by Gasteiger charge is -2.06. The topological polar surface area (TPSA) is 52.6 Å². The van der Waals surface area contributed by atoms with Gasteiger partial charge >= 0.3 is 11.9 Å². The Kier molecular flexibility index (Phi) is 10.1. The summed E-state index contributed by atoms with van der Waals surface area (Å²) in [6.07, 6.45) is 6.89. The van der Waals surface area contributed by atoms with Crippen LogP contribution in [0.25, 0.3) is 0 Å². The van der Waals surface area contributed by atoms with Gasteiger partial charge in [0.15, 0.2) is 0 Å². The normalized spacial score (nSPS) is 10.3. The first-order chi connectivity index (χ1) is 11.2. The SMILES string of the molecule is CCCCCCCCOC(=O)c1ccc(C(=O)OCCCl)cc1. The highest BCUT2D eigenvalue weighted by molar-refractivity contribution is 6.18. The Hall–Kier alpha value is -1.55. The van der Waals surface area contributed by atoms with Crippen molar-refractivity contribution in [3.05, 3.63) is 35.4 Å². The molecule has 0 saturated carbocycles. The zero-order chi connectivity index (χ0) is 16.9. The Labute approximate surface area is 143 Å². The van der Waals surface area contributed by atoms with Crippen LogP contribution in [0.5, 0.6) is 0 Å². The van der Waals surface area contributed by atoms with Gasteiger partial charge in [-0.2, -0.15) is 0 Å². The maximum atomic E-state index is 11.9. The fourth-order valence-electron chi connectivity index (χ4n) is 2.09. The molecule has 0 radical (unpaired) electrons. The molecule has 0 saturated heterocycles. The van der Waals surface area contributed by atoms with Gasteiger partial charge < -0.3 is 9.47 Å². The van der Waals surface area contributed by atoms with Crippen LogP contribution in [0.4, 0.5) is 0 Å². The molecular weight excluding hydrogens is 316 g/mol. The van der Waals surface area contributed by atoms with Gasteiger partial charge in [0.25, 0.3) is 0 Å². The monoisotopic (exact) mass is 340 g/mol. The van der Waals surface area contributed by atoms with E-state index in [0.717, 1.165) is 12.8 Å². The Morgan fingerprint density at radius 2 is 1.30 bits per heavy atom. The van der Waals surface area contributed by atoms with Crippen LogP contribution >= 0.6 is 11.6 Å². The average Bonchev–Trinajstić information content (AvgIpc) is 2.58. The van der Waals surface area contributed by atoms with Crippen LogP contribution in [0.15, 0.2) is 24.3 Å². The van der Waals surface area contributed by atoms with E-state index in [4.69, 9.17) is 21.1 Å². The minimum absolute atomic E-state index is 0.169. The van der Waals surface area contributed by atoms with Crippen molar-refractivity contribution in [2.45, 2.75) is 45.4 Å². The molecule has 0 aliphatic heterocycles. The number of halogens is 1. The molecule has 0 amide bonds. The van der Waals surface area contributed by atoms with Crippen molar-refractivity contribution in [2.75, 3.05) is 19.1 Å². The summed E-state index contributed by atoms with van der Waals surface area (Å²) in [6.45, 7) is 2.79. The van der Waals surface area contributed by atoms with Crippen LogP contribution in [0.1, 0.15) is 66.2 Å². The number of ether oxygens (including phenoxy) is 2. The highest BCUT2D eigenvalue weighted by atomic mass is 35.5. The predicted molar refractivity (Wildman–Crippen MR) is 91.1 cm³/mol. The molecule has 1 aromatic rings. The van der Waals surface area contributed by atoms with E-state index in [2.05, 4.69) is 6.92 Å². The van der Waals surface area contributed by atoms with Crippen molar-refractivity contribution in [1.82, 2.24) is 0 Å². The van der Waals surface area contributed by atoms with E-state index in [-0.39, 0.29) is 18.5 Å². The quantitative estimate of drug-likeness (QED) is 0.335. The minimum Gasteiger partial charge on any atom is -0.462 e. The maximum Gasteiger partial charge on any atom is 0.338 e. The Bertz CT molecular complexity index is 470. The highest BCUT2D eigenvalue weighted by Gasteiger charge is 2.10. The molecule has 0 spiro atoms. The summed E-state index contributed by atoms with van der Waals surface area (Å²) >= 11 is 5.46. The van der Waals surface area contributed by atoms with E-state index in [9.17, 15) is 9.59 Å². The summed E-state index contributed by atoms with van der Waals surface area (Å²) in [6, 6.07) is 6.25. The van der Waals surface area contributed by atoms with Crippen LogP contribution in [-0.4, -0.2) is 31.0 Å². The van der Waals surface area contributed by atoms with Gasteiger partial charge in [0.1, 0.15) is 6.61 Å². The number of alkyl halides is 1. The van der Waals surface area contributed by atoms with Gasteiger partial charge in [-0.3, -0.25) is 0 Å². The van der Waals surface area contributed by atoms with Crippen molar-refractivity contribution >= 4 is 23.5 Å². The first-order valence-corrected chi connectivity index (χ1v) is 8.72. The minimum atomic E-state index is -0.447. The molecule has 0 heterocycles. The van der Waals surface area contributed by atoms with E-state index in [1.165, 1.54) is 25.7 Å². The predicted octanol–water partition coefficient (Wildman–Crippen LogP) is 4.60. The second kappa shape index (κ2) is 11.9. The number of hydrogen-bond acceptors (Lipinski definition) is 4. The van der Waals surface area contributed by atoms with Gasteiger partial charge in [0, 0.05) is 0 Å². The molecule has 0 atom stereocenters. The van der Waals surface area contributed by atoms with E-state index in [1.807, 2.05) is 0 Å². The third-order valence-electron chi connectivity index (χ3n) is 3.40. The molecule has 0 unspecified atom stereocenters. The summed E-state index contributed by atoms with van der Waals surface area (Å²) in [5.74, 6) is -0.550. The summed E-state index contributed by atoms with van der Waals surface area (Å²) in [7, 11) is 0. The lowest BCUT2D eigenvalue weighted by molar-refractivity contribution is 0.0492. The van der Waals surface area contributed by atoms with Crippen molar-refractivity contribution in [3.63, 3.8) is 0 Å². The van der Waals surface area contributed by atoms with Gasteiger partial charge in [-0.1, -0.05) is 39.0 Å². The summed E-state index contributed by atoms with van der Waals surface area (Å²) in [4.78, 5) is 23.5. The molecule has 1 rings (SSSR count). The van der Waals surface area contributed by atoms with Crippen LogP contribution in [0.2, 0.25) is 0 Å². The number of carbonyl (C=O) groups is 2. The zero-order valence-corrected chi connectivity index (χ0v) is 14.4. The zero-order valence-electron chi connectivity index (χ0n) is 13.7. The summed E-state index contributed by atoms with van der Waals surface area (Å²) < 4.78 is 10.1. The summed E-state index contributed by atoms with van der Waals surface area (Å²) in [5.41, 5.74) is 0.826. The Morgan fingerprint density at radius 3 is 1.83 bits per heavy atom. The second-order valence-corrected chi connectivity index (χ2v) is 5.68. The smallest absolute Gasteiger partial charge is 0.338 e. The van der Waals surface area contributed by atoms with Gasteiger partial charge in [-0.05, 0) is 30.7 Å². The van der Waals surface area contributed by atoms with Crippen molar-refractivity contribution in [1.29, 1.82) is 0 Å². The van der Waals surface area contributed by atoms with Crippen molar-refractivity contribution in [2.24, 2.45) is 0 Å². The van der Waals surface area contributed by atoms with Crippen LogP contribution in [0, 0.1) is 0 Å². The molecule has 0 bridgehead atoms. The van der Waals surface area contributed by atoms with E-state index >= 15 is 0 Å². The molecule has 0 aliphatic carbocycles. The largest absolute Gasteiger partial charge is 0.462 e. The third kappa shape index (κ3) is 8.03. The Morgan fingerprint density at radius 1 is 0.826 bits per heavy atom. The number of hydrogen-bond donors (Lipinski definition) is 0. The van der Waals surface area contributed by atoms with E-state index < -0.39 is 5.97 Å². The Balaban J connectivity index is 2.29. The molecular formula is C18H25ClO4. The van der Waals surface area contributed by atoms with E-state index in [1.54, 1.807) is 24.3 Å². The molecule has 0 N–H and O–H groups in total. The van der Waals surface area contributed by atoms with Gasteiger partial charge in [-0.25, -0.2) is 9.59 Å². The van der Waals surface area contributed by atoms with Gasteiger partial charge in [-0.15, -0.1) is 11.6 Å². The molecule has 0 aromatic heterocycles. The molecule has 1 aromatic carbocycles. The van der Waals surface area contributed by atoms with Crippen molar-refractivity contribution < 1.29 is 19.1 Å². The van der Waals surface area contributed by atoms with Gasteiger partial charge in [0.05, 0.1) is 23.6 Å². The van der Waals surface area contributed by atoms with Gasteiger partial charge in [0.2, 0.25) is 0 Å². The molecule has 0 aliphatic rings. The average molecular weight is 341 g/mol. The number of esters is 2. The molecule has 0 fully saturated rings. The van der Waals surface area contributed by atoms with Crippen molar-refractivity contribution in [3.8, 4) is 0 Å².